The van der Waals surface area contributed by atoms with Crippen LogP contribution in [0.5, 0.6) is 0 Å². The number of halogens is 2. The highest BCUT2D eigenvalue weighted by molar-refractivity contribution is 7.15. The van der Waals surface area contributed by atoms with Crippen LogP contribution < -0.4 is 15.8 Å². The summed E-state index contributed by atoms with van der Waals surface area (Å²) in [5.74, 6) is -1.85. The number of rotatable bonds is 7. The fourth-order valence-electron chi connectivity index (χ4n) is 3.46. The Morgan fingerprint density at radius 3 is 2.44 bits per heavy atom. The van der Waals surface area contributed by atoms with E-state index in [4.69, 9.17) is 23.2 Å². The minimum atomic E-state index is -0.738. The van der Waals surface area contributed by atoms with E-state index in [0.717, 1.165) is 16.9 Å². The molecule has 0 saturated carbocycles. The predicted octanol–water partition coefficient (Wildman–Crippen LogP) is 4.52. The first-order valence-corrected chi connectivity index (χ1v) is 12.3. The molecule has 3 aromatic rings. The van der Waals surface area contributed by atoms with E-state index in [-0.39, 0.29) is 11.8 Å². The monoisotopic (exact) mass is 542 g/mol. The molecule has 12 heteroatoms. The van der Waals surface area contributed by atoms with Crippen molar-refractivity contribution in [2.24, 2.45) is 16.1 Å². The summed E-state index contributed by atoms with van der Waals surface area (Å²) >= 11 is 13.1. The molecule has 2 N–H and O–H groups in total. The highest BCUT2D eigenvalue weighted by atomic mass is 35.5. The van der Waals surface area contributed by atoms with Crippen LogP contribution in [0.15, 0.2) is 65.1 Å². The molecule has 0 aliphatic carbocycles. The van der Waals surface area contributed by atoms with Gasteiger partial charge in [-0.05, 0) is 61.9 Å². The molecule has 0 saturated heterocycles. The second kappa shape index (κ2) is 11.0. The summed E-state index contributed by atoms with van der Waals surface area (Å²) in [7, 11) is 0. The van der Waals surface area contributed by atoms with Gasteiger partial charge in [0.05, 0.1) is 36.9 Å². The smallest absolute Gasteiger partial charge is 0.281 e. The number of aromatic nitrogens is 1. The Morgan fingerprint density at radius 2 is 1.75 bits per heavy atom. The molecule has 184 valence electrons. The molecule has 3 amide bonds. The summed E-state index contributed by atoms with van der Waals surface area (Å²) in [6.45, 7) is 3.68. The Morgan fingerprint density at radius 1 is 1.06 bits per heavy atom. The number of hydrogen-bond donors (Lipinski definition) is 2. The number of amides is 3. The molecular formula is C24H20Cl2N6O3S. The van der Waals surface area contributed by atoms with Crippen LogP contribution in [0.1, 0.15) is 38.8 Å². The van der Waals surface area contributed by atoms with Gasteiger partial charge in [0.25, 0.3) is 17.7 Å². The van der Waals surface area contributed by atoms with E-state index in [1.54, 1.807) is 68.7 Å². The van der Waals surface area contributed by atoms with Gasteiger partial charge in [-0.15, -0.1) is 11.3 Å². The van der Waals surface area contributed by atoms with Gasteiger partial charge in [-0.2, -0.15) is 15.2 Å². The second-order valence-corrected chi connectivity index (χ2v) is 9.72. The van der Waals surface area contributed by atoms with Crippen LogP contribution in [0.25, 0.3) is 0 Å². The summed E-state index contributed by atoms with van der Waals surface area (Å²) < 4.78 is 0. The quantitative estimate of drug-likeness (QED) is 0.337. The van der Waals surface area contributed by atoms with Crippen molar-refractivity contribution in [1.29, 1.82) is 0 Å². The van der Waals surface area contributed by atoms with E-state index >= 15 is 0 Å². The van der Waals surface area contributed by atoms with Crippen LogP contribution in [-0.4, -0.2) is 34.1 Å². The second-order valence-electron chi connectivity index (χ2n) is 7.82. The molecule has 0 spiro atoms. The highest BCUT2D eigenvalue weighted by Gasteiger charge is 2.36. The third-order valence-corrected chi connectivity index (χ3v) is 7.11. The van der Waals surface area contributed by atoms with E-state index in [1.165, 1.54) is 5.01 Å². The Hall–Kier alpha value is -3.60. The van der Waals surface area contributed by atoms with Crippen molar-refractivity contribution >= 4 is 69.4 Å². The van der Waals surface area contributed by atoms with Gasteiger partial charge < -0.3 is 5.32 Å². The Labute approximate surface area is 220 Å². The van der Waals surface area contributed by atoms with E-state index in [1.807, 2.05) is 0 Å². The van der Waals surface area contributed by atoms with Crippen LogP contribution in [0.2, 0.25) is 10.0 Å². The zero-order chi connectivity index (χ0) is 25.8. The van der Waals surface area contributed by atoms with Gasteiger partial charge in [0.2, 0.25) is 0 Å². The molecule has 0 radical (unpaired) electrons. The molecule has 1 aliphatic heterocycles. The first-order chi connectivity index (χ1) is 17.2. The van der Waals surface area contributed by atoms with Crippen molar-refractivity contribution in [1.82, 2.24) is 15.7 Å². The van der Waals surface area contributed by atoms with Crippen LogP contribution >= 0.6 is 34.5 Å². The molecule has 0 bridgehead atoms. The Kier molecular flexibility index (Phi) is 7.78. The molecule has 9 nitrogen and oxygen atoms in total. The lowest BCUT2D eigenvalue weighted by atomic mass is 9.99. The van der Waals surface area contributed by atoms with Gasteiger partial charge in [0.15, 0.2) is 0 Å². The number of anilines is 1. The fraction of sp³-hybridized carbons (Fsp3) is 0.167. The zero-order valence-corrected chi connectivity index (χ0v) is 21.5. The molecule has 36 heavy (non-hydrogen) atoms. The number of carbonyl (C=O) groups is 3. The van der Waals surface area contributed by atoms with Crippen molar-refractivity contribution in [2.45, 2.75) is 20.4 Å². The third kappa shape index (κ3) is 5.62. The van der Waals surface area contributed by atoms with Gasteiger partial charge in [-0.1, -0.05) is 23.2 Å². The van der Waals surface area contributed by atoms with Crippen molar-refractivity contribution in [2.75, 3.05) is 5.01 Å². The SMILES string of the molecule is CC1=NN(c2ccc(Cl)c(Cl)c2)C(=O)C1/C(C)=N/NC(=O)c1ccc(C(=O)NCc2ccncc2)s1. The largest absolute Gasteiger partial charge is 0.347 e. The average Bonchev–Trinajstić information content (AvgIpc) is 3.48. The predicted molar refractivity (Wildman–Crippen MR) is 141 cm³/mol. The average molecular weight is 543 g/mol. The minimum absolute atomic E-state index is 0.290. The number of nitrogens with one attached hydrogen (secondary N) is 2. The normalized spacial score (nSPS) is 15.6. The number of hydrogen-bond acceptors (Lipinski definition) is 7. The summed E-state index contributed by atoms with van der Waals surface area (Å²) in [4.78, 5) is 42.6. The number of hydrazone groups is 2. The number of pyridine rings is 1. The van der Waals surface area contributed by atoms with Crippen molar-refractivity contribution in [3.63, 3.8) is 0 Å². The molecule has 1 atom stereocenters. The topological polar surface area (TPSA) is 116 Å². The number of thiophene rings is 1. The zero-order valence-electron chi connectivity index (χ0n) is 19.2. The summed E-state index contributed by atoms with van der Waals surface area (Å²) in [6, 6.07) is 11.5. The lowest BCUT2D eigenvalue weighted by molar-refractivity contribution is -0.118. The minimum Gasteiger partial charge on any atom is -0.347 e. The van der Waals surface area contributed by atoms with Crippen LogP contribution in [0.4, 0.5) is 5.69 Å². The number of carbonyl (C=O) groups excluding carboxylic acids is 3. The molecule has 1 aromatic carbocycles. The molecule has 3 heterocycles. The van der Waals surface area contributed by atoms with E-state index in [2.05, 4.69) is 25.9 Å². The Balaban J connectivity index is 1.38. The van der Waals surface area contributed by atoms with Gasteiger partial charge >= 0.3 is 0 Å². The maximum absolute atomic E-state index is 13.0. The number of nitrogens with zero attached hydrogens (tertiary/aromatic N) is 4. The summed E-state index contributed by atoms with van der Waals surface area (Å²) in [5, 5.41) is 13.1. The maximum Gasteiger partial charge on any atom is 0.281 e. The lowest BCUT2D eigenvalue weighted by Gasteiger charge is -2.15. The number of benzene rings is 1. The van der Waals surface area contributed by atoms with Gasteiger partial charge in [0, 0.05) is 18.9 Å². The van der Waals surface area contributed by atoms with Gasteiger partial charge in [0.1, 0.15) is 5.92 Å². The van der Waals surface area contributed by atoms with Crippen molar-refractivity contribution in [3.05, 3.63) is 80.2 Å². The molecule has 4 rings (SSSR count). The summed E-state index contributed by atoms with van der Waals surface area (Å²) in [5.41, 5.74) is 4.72. The van der Waals surface area contributed by atoms with Gasteiger partial charge in [-0.25, -0.2) is 5.43 Å². The third-order valence-electron chi connectivity index (χ3n) is 5.29. The van der Waals surface area contributed by atoms with Crippen LogP contribution in [0, 0.1) is 5.92 Å². The molecule has 1 aliphatic rings. The molecule has 2 aromatic heterocycles. The van der Waals surface area contributed by atoms with E-state index < -0.39 is 11.8 Å². The lowest BCUT2D eigenvalue weighted by Crippen LogP contribution is -2.33. The molecular weight excluding hydrogens is 523 g/mol. The van der Waals surface area contributed by atoms with Gasteiger partial charge in [-0.3, -0.25) is 19.4 Å². The first kappa shape index (κ1) is 25.5. The van der Waals surface area contributed by atoms with Crippen molar-refractivity contribution in [3.8, 4) is 0 Å². The van der Waals surface area contributed by atoms with E-state index in [0.29, 0.717) is 43.5 Å². The van der Waals surface area contributed by atoms with E-state index in [9.17, 15) is 14.4 Å². The standard InChI is InChI=1S/C24H20Cl2N6O3S/c1-13(21-14(2)31-32(24(21)35)16-3-4-17(25)18(26)11-16)29-30-23(34)20-6-5-19(36-20)22(33)28-12-15-7-9-27-10-8-15/h3-11,21H,12H2,1-2H3,(H,28,33)(H,30,34)/b29-13+. The molecule has 1 unspecified atom stereocenters. The fourth-order valence-corrected chi connectivity index (χ4v) is 4.56. The summed E-state index contributed by atoms with van der Waals surface area (Å²) in [6.07, 6.45) is 3.30. The van der Waals surface area contributed by atoms with Crippen LogP contribution in [0.3, 0.4) is 0 Å². The Bertz CT molecular complexity index is 1390. The molecule has 0 fully saturated rings. The highest BCUT2D eigenvalue weighted by Crippen LogP contribution is 2.31. The van der Waals surface area contributed by atoms with Crippen LogP contribution in [-0.2, 0) is 11.3 Å². The first-order valence-electron chi connectivity index (χ1n) is 10.7. The van der Waals surface area contributed by atoms with Crippen molar-refractivity contribution < 1.29 is 14.4 Å². The maximum atomic E-state index is 13.0.